The summed E-state index contributed by atoms with van der Waals surface area (Å²) in [5.74, 6) is 0.0613. The maximum Gasteiger partial charge on any atom is 0.261 e. The second-order valence-electron chi connectivity index (χ2n) is 3.63. The Kier molecular flexibility index (Phi) is 2.76. The minimum absolute atomic E-state index is 0.0613. The van der Waals surface area contributed by atoms with Gasteiger partial charge >= 0.3 is 0 Å². The Bertz CT molecular complexity index is 631. The summed E-state index contributed by atoms with van der Waals surface area (Å²) in [4.78, 5) is -0.0705. The molecule has 0 fully saturated rings. The molecule has 1 aromatic rings. The van der Waals surface area contributed by atoms with Crippen LogP contribution in [0.25, 0.3) is 0 Å². The van der Waals surface area contributed by atoms with Crippen molar-refractivity contribution in [2.75, 3.05) is 5.75 Å². The summed E-state index contributed by atoms with van der Waals surface area (Å²) < 4.78 is 45.6. The zero-order valence-corrected chi connectivity index (χ0v) is 10.6. The van der Waals surface area contributed by atoms with Gasteiger partial charge in [0.05, 0.1) is 15.5 Å². The SMILES string of the molecule is O=S(=O)(Cl)c1ccc2c(c1)S(=O)(=O)CCC2. The lowest BCUT2D eigenvalue weighted by atomic mass is 10.1. The molecule has 1 aliphatic rings. The molecular weight excluding hydrogens is 272 g/mol. The van der Waals surface area contributed by atoms with Crippen molar-refractivity contribution in [1.29, 1.82) is 0 Å². The molecule has 0 atom stereocenters. The predicted molar refractivity (Wildman–Crippen MR) is 59.9 cm³/mol. The van der Waals surface area contributed by atoms with Gasteiger partial charge in [-0.25, -0.2) is 16.8 Å². The summed E-state index contributed by atoms with van der Waals surface area (Å²) in [6.07, 6.45) is 1.22. The minimum Gasteiger partial charge on any atom is -0.224 e. The fraction of sp³-hybridized carbons (Fsp3) is 0.333. The van der Waals surface area contributed by atoms with Crippen molar-refractivity contribution < 1.29 is 16.8 Å². The molecule has 4 nitrogen and oxygen atoms in total. The van der Waals surface area contributed by atoms with Gasteiger partial charge in [-0.3, -0.25) is 0 Å². The molecule has 0 aromatic heterocycles. The Labute approximate surface area is 98.6 Å². The van der Waals surface area contributed by atoms with E-state index in [2.05, 4.69) is 0 Å². The number of halogens is 1. The minimum atomic E-state index is -3.88. The standard InChI is InChI=1S/C9H9ClO4S2/c10-16(13,14)8-4-3-7-2-1-5-15(11,12)9(7)6-8/h3-4,6H,1-2,5H2. The highest BCUT2D eigenvalue weighted by Gasteiger charge is 2.25. The van der Waals surface area contributed by atoms with Gasteiger partial charge in [-0.1, -0.05) is 6.07 Å². The van der Waals surface area contributed by atoms with Crippen molar-refractivity contribution in [2.45, 2.75) is 22.6 Å². The van der Waals surface area contributed by atoms with Gasteiger partial charge in [0, 0.05) is 10.7 Å². The van der Waals surface area contributed by atoms with Crippen LogP contribution in [-0.4, -0.2) is 22.6 Å². The number of sulfone groups is 1. The maximum absolute atomic E-state index is 11.7. The normalized spacial score (nSPS) is 19.1. The predicted octanol–water partition coefficient (Wildman–Crippen LogP) is 1.33. The number of hydrogen-bond donors (Lipinski definition) is 0. The second kappa shape index (κ2) is 3.72. The van der Waals surface area contributed by atoms with E-state index in [0.29, 0.717) is 18.4 Å². The topological polar surface area (TPSA) is 68.3 Å². The van der Waals surface area contributed by atoms with Gasteiger partial charge in [-0.15, -0.1) is 0 Å². The molecule has 2 rings (SSSR count). The largest absolute Gasteiger partial charge is 0.261 e. The Balaban J connectivity index is 2.70. The average molecular weight is 281 g/mol. The van der Waals surface area contributed by atoms with Crippen LogP contribution in [0.4, 0.5) is 0 Å². The van der Waals surface area contributed by atoms with E-state index < -0.39 is 18.9 Å². The zero-order chi connectivity index (χ0) is 12.0. The number of rotatable bonds is 1. The van der Waals surface area contributed by atoms with Crippen LogP contribution in [0.3, 0.4) is 0 Å². The van der Waals surface area contributed by atoms with Crippen LogP contribution in [-0.2, 0) is 25.3 Å². The first kappa shape index (κ1) is 11.9. The van der Waals surface area contributed by atoms with Crippen LogP contribution in [0.5, 0.6) is 0 Å². The lowest BCUT2D eigenvalue weighted by Crippen LogP contribution is -2.16. The van der Waals surface area contributed by atoms with Crippen LogP contribution in [0.2, 0.25) is 0 Å². The number of benzene rings is 1. The fourth-order valence-electron chi connectivity index (χ4n) is 1.75. The molecule has 0 saturated heterocycles. The van der Waals surface area contributed by atoms with Gasteiger partial charge in [-0.05, 0) is 30.5 Å². The molecule has 1 aromatic carbocycles. The second-order valence-corrected chi connectivity index (χ2v) is 8.27. The first-order valence-corrected chi connectivity index (χ1v) is 8.57. The molecule has 0 spiro atoms. The highest BCUT2D eigenvalue weighted by Crippen LogP contribution is 2.28. The number of hydrogen-bond acceptors (Lipinski definition) is 4. The van der Waals surface area contributed by atoms with Gasteiger partial charge in [0.25, 0.3) is 9.05 Å². The fourth-order valence-corrected chi connectivity index (χ4v) is 4.22. The van der Waals surface area contributed by atoms with Crippen molar-refractivity contribution in [1.82, 2.24) is 0 Å². The van der Waals surface area contributed by atoms with Crippen molar-refractivity contribution in [3.8, 4) is 0 Å². The maximum atomic E-state index is 11.7. The van der Waals surface area contributed by atoms with Crippen LogP contribution in [0, 0.1) is 0 Å². The third-order valence-electron chi connectivity index (χ3n) is 2.51. The molecule has 0 aliphatic carbocycles. The lowest BCUT2D eigenvalue weighted by Gasteiger charge is -2.16. The monoisotopic (exact) mass is 280 g/mol. The van der Waals surface area contributed by atoms with E-state index in [-0.39, 0.29) is 15.5 Å². The van der Waals surface area contributed by atoms with E-state index in [1.807, 2.05) is 0 Å². The third kappa shape index (κ3) is 2.09. The van der Waals surface area contributed by atoms with Crippen molar-refractivity contribution in [3.05, 3.63) is 23.8 Å². The molecule has 88 valence electrons. The molecule has 0 bridgehead atoms. The summed E-state index contributed by atoms with van der Waals surface area (Å²) >= 11 is 0. The van der Waals surface area contributed by atoms with Gasteiger partial charge in [0.1, 0.15) is 0 Å². The van der Waals surface area contributed by atoms with E-state index in [9.17, 15) is 16.8 Å². The first-order chi connectivity index (χ1) is 7.31. The van der Waals surface area contributed by atoms with Gasteiger partial charge < -0.3 is 0 Å². The van der Waals surface area contributed by atoms with Gasteiger partial charge in [0.2, 0.25) is 0 Å². The average Bonchev–Trinajstić information content (AvgIpc) is 2.15. The van der Waals surface area contributed by atoms with E-state index in [4.69, 9.17) is 10.7 Å². The third-order valence-corrected chi connectivity index (χ3v) is 5.74. The van der Waals surface area contributed by atoms with Crippen molar-refractivity contribution >= 4 is 29.6 Å². The van der Waals surface area contributed by atoms with E-state index in [1.54, 1.807) is 0 Å². The first-order valence-electron chi connectivity index (χ1n) is 4.61. The molecule has 0 radical (unpaired) electrons. The van der Waals surface area contributed by atoms with E-state index >= 15 is 0 Å². The summed E-state index contributed by atoms with van der Waals surface area (Å²) in [6, 6.07) is 4.00. The lowest BCUT2D eigenvalue weighted by molar-refractivity contribution is 0.586. The van der Waals surface area contributed by atoms with Crippen LogP contribution in [0.1, 0.15) is 12.0 Å². The van der Waals surface area contributed by atoms with Crippen LogP contribution in [0.15, 0.2) is 28.0 Å². The molecule has 0 amide bonds. The molecule has 7 heteroatoms. The quantitative estimate of drug-likeness (QED) is 0.728. The Hall–Kier alpha value is -0.590. The summed E-state index contributed by atoms with van der Waals surface area (Å²) in [6.45, 7) is 0. The molecule has 1 heterocycles. The van der Waals surface area contributed by atoms with E-state index in [0.717, 1.165) is 6.07 Å². The Morgan fingerprint density at radius 3 is 2.56 bits per heavy atom. The zero-order valence-electron chi connectivity index (χ0n) is 8.18. The molecule has 0 unspecified atom stereocenters. The van der Waals surface area contributed by atoms with Crippen LogP contribution >= 0.6 is 10.7 Å². The van der Waals surface area contributed by atoms with Gasteiger partial charge in [0.15, 0.2) is 9.84 Å². The van der Waals surface area contributed by atoms with Crippen LogP contribution < -0.4 is 0 Å². The molecule has 0 saturated carbocycles. The summed E-state index contributed by atoms with van der Waals surface area (Å²) in [5.41, 5.74) is 0.662. The molecule has 16 heavy (non-hydrogen) atoms. The smallest absolute Gasteiger partial charge is 0.224 e. The molecule has 1 aliphatic heterocycles. The highest BCUT2D eigenvalue weighted by molar-refractivity contribution is 8.13. The van der Waals surface area contributed by atoms with Crippen molar-refractivity contribution in [3.63, 3.8) is 0 Å². The Morgan fingerprint density at radius 1 is 1.25 bits per heavy atom. The van der Waals surface area contributed by atoms with E-state index in [1.165, 1.54) is 12.1 Å². The molecular formula is C9H9ClO4S2. The summed E-state index contributed by atoms with van der Waals surface area (Å²) in [7, 11) is -2.06. The Morgan fingerprint density at radius 2 is 1.94 bits per heavy atom. The number of aryl methyl sites for hydroxylation is 1. The summed E-state index contributed by atoms with van der Waals surface area (Å²) in [5, 5.41) is 0. The van der Waals surface area contributed by atoms with Gasteiger partial charge in [-0.2, -0.15) is 0 Å². The number of fused-ring (bicyclic) bond motifs is 1. The van der Waals surface area contributed by atoms with Crippen molar-refractivity contribution in [2.24, 2.45) is 0 Å². The highest BCUT2D eigenvalue weighted by atomic mass is 35.7. The molecule has 0 N–H and O–H groups in total.